The highest BCUT2D eigenvalue weighted by Gasteiger charge is 2.23. The van der Waals surface area contributed by atoms with E-state index in [1.807, 2.05) is 6.92 Å². The second-order valence-electron chi connectivity index (χ2n) is 5.33. The van der Waals surface area contributed by atoms with E-state index in [0.29, 0.717) is 37.5 Å². The zero-order chi connectivity index (χ0) is 14.4. The Bertz CT molecular complexity index is 388. The van der Waals surface area contributed by atoms with Gasteiger partial charge in [-0.25, -0.2) is 0 Å². The lowest BCUT2D eigenvalue weighted by Gasteiger charge is -2.28. The molecule has 19 heavy (non-hydrogen) atoms. The van der Waals surface area contributed by atoms with Gasteiger partial charge in [0.15, 0.2) is 0 Å². The molecule has 0 bridgehead atoms. The Kier molecular flexibility index (Phi) is 6.32. The van der Waals surface area contributed by atoms with E-state index in [2.05, 4.69) is 39.0 Å². The van der Waals surface area contributed by atoms with E-state index in [4.69, 9.17) is 16.2 Å². The van der Waals surface area contributed by atoms with Crippen LogP contribution < -0.4 is 16.2 Å². The summed E-state index contributed by atoms with van der Waals surface area (Å²) in [5.41, 5.74) is 14.2. The standard InChI is InChI=1S/C16H28N2O/c1-5-19-15-6-7-16(11(2)8-15)13(4)12(3)14(9-17)10-18/h6-8,12-14H,5,9-10,17-18H2,1-4H3. The third kappa shape index (κ3) is 3.95. The van der Waals surface area contributed by atoms with E-state index in [1.54, 1.807) is 0 Å². The molecule has 0 aliphatic heterocycles. The van der Waals surface area contributed by atoms with Gasteiger partial charge in [0.25, 0.3) is 0 Å². The molecule has 0 fully saturated rings. The van der Waals surface area contributed by atoms with Crippen molar-refractivity contribution < 1.29 is 4.74 Å². The van der Waals surface area contributed by atoms with Crippen LogP contribution in [0.5, 0.6) is 5.75 Å². The van der Waals surface area contributed by atoms with E-state index in [0.717, 1.165) is 5.75 Å². The van der Waals surface area contributed by atoms with Gasteiger partial charge in [-0.05, 0) is 68.0 Å². The fourth-order valence-corrected chi connectivity index (χ4v) is 2.63. The zero-order valence-corrected chi connectivity index (χ0v) is 12.6. The second kappa shape index (κ2) is 7.51. The van der Waals surface area contributed by atoms with Crippen LogP contribution in [0.1, 0.15) is 37.8 Å². The van der Waals surface area contributed by atoms with Crippen molar-refractivity contribution in [3.8, 4) is 5.75 Å². The van der Waals surface area contributed by atoms with Crippen LogP contribution in [0.3, 0.4) is 0 Å². The van der Waals surface area contributed by atoms with Crippen LogP contribution in [0, 0.1) is 18.8 Å². The van der Waals surface area contributed by atoms with Crippen LogP contribution in [0.4, 0.5) is 0 Å². The maximum Gasteiger partial charge on any atom is 0.119 e. The van der Waals surface area contributed by atoms with Crippen LogP contribution in [-0.2, 0) is 0 Å². The minimum Gasteiger partial charge on any atom is -0.494 e. The summed E-state index contributed by atoms with van der Waals surface area (Å²) in [4.78, 5) is 0. The molecule has 3 nitrogen and oxygen atoms in total. The van der Waals surface area contributed by atoms with Crippen molar-refractivity contribution in [2.75, 3.05) is 19.7 Å². The molecule has 0 aliphatic rings. The number of benzene rings is 1. The molecular formula is C16H28N2O. The molecule has 0 spiro atoms. The van der Waals surface area contributed by atoms with Gasteiger partial charge in [-0.3, -0.25) is 0 Å². The van der Waals surface area contributed by atoms with Crippen molar-refractivity contribution in [3.63, 3.8) is 0 Å². The van der Waals surface area contributed by atoms with E-state index in [-0.39, 0.29) is 0 Å². The average Bonchev–Trinajstić information content (AvgIpc) is 2.40. The van der Waals surface area contributed by atoms with Gasteiger partial charge in [0.1, 0.15) is 5.75 Å². The van der Waals surface area contributed by atoms with E-state index in [1.165, 1.54) is 11.1 Å². The SMILES string of the molecule is CCOc1ccc(C(C)C(C)C(CN)CN)c(C)c1. The Hall–Kier alpha value is -1.06. The van der Waals surface area contributed by atoms with E-state index >= 15 is 0 Å². The molecule has 0 radical (unpaired) electrons. The largest absolute Gasteiger partial charge is 0.494 e. The molecular weight excluding hydrogens is 236 g/mol. The summed E-state index contributed by atoms with van der Waals surface area (Å²) in [5.74, 6) is 2.25. The van der Waals surface area contributed by atoms with Crippen molar-refractivity contribution in [1.82, 2.24) is 0 Å². The molecule has 1 aromatic rings. The topological polar surface area (TPSA) is 61.3 Å². The summed E-state index contributed by atoms with van der Waals surface area (Å²) in [7, 11) is 0. The molecule has 108 valence electrons. The van der Waals surface area contributed by atoms with Gasteiger partial charge in [-0.15, -0.1) is 0 Å². The number of hydrogen-bond donors (Lipinski definition) is 2. The number of nitrogens with two attached hydrogens (primary N) is 2. The van der Waals surface area contributed by atoms with Gasteiger partial charge >= 0.3 is 0 Å². The third-order valence-corrected chi connectivity index (χ3v) is 4.18. The maximum absolute atomic E-state index is 5.80. The summed E-state index contributed by atoms with van der Waals surface area (Å²) in [5, 5.41) is 0. The molecule has 1 rings (SSSR count). The fourth-order valence-electron chi connectivity index (χ4n) is 2.63. The molecule has 0 amide bonds. The molecule has 0 aliphatic carbocycles. The molecule has 1 aromatic carbocycles. The highest BCUT2D eigenvalue weighted by atomic mass is 16.5. The van der Waals surface area contributed by atoms with Crippen molar-refractivity contribution in [2.45, 2.75) is 33.6 Å². The third-order valence-electron chi connectivity index (χ3n) is 4.18. The first-order chi connectivity index (χ1) is 9.04. The normalized spacial score (nSPS) is 14.5. The quantitative estimate of drug-likeness (QED) is 0.796. The Morgan fingerprint density at radius 2 is 1.79 bits per heavy atom. The summed E-state index contributed by atoms with van der Waals surface area (Å²) >= 11 is 0. The number of rotatable bonds is 7. The first-order valence-corrected chi connectivity index (χ1v) is 7.18. The molecule has 0 aromatic heterocycles. The Morgan fingerprint density at radius 3 is 2.26 bits per heavy atom. The number of hydrogen-bond acceptors (Lipinski definition) is 3. The lowest BCUT2D eigenvalue weighted by Crippen LogP contribution is -2.31. The lowest BCUT2D eigenvalue weighted by atomic mass is 9.79. The Balaban J connectivity index is 2.90. The average molecular weight is 264 g/mol. The van der Waals surface area contributed by atoms with Crippen LogP contribution >= 0.6 is 0 Å². The van der Waals surface area contributed by atoms with Crippen LogP contribution in [-0.4, -0.2) is 19.7 Å². The summed E-state index contributed by atoms with van der Waals surface area (Å²) < 4.78 is 5.53. The van der Waals surface area contributed by atoms with Gasteiger partial charge in [0, 0.05) is 0 Å². The monoisotopic (exact) mass is 264 g/mol. The van der Waals surface area contributed by atoms with Crippen molar-refractivity contribution >= 4 is 0 Å². The van der Waals surface area contributed by atoms with Gasteiger partial charge in [-0.1, -0.05) is 19.9 Å². The molecule has 3 heteroatoms. The maximum atomic E-state index is 5.80. The van der Waals surface area contributed by atoms with Gasteiger partial charge in [0.05, 0.1) is 6.61 Å². The van der Waals surface area contributed by atoms with Gasteiger partial charge in [-0.2, -0.15) is 0 Å². The van der Waals surface area contributed by atoms with Crippen molar-refractivity contribution in [3.05, 3.63) is 29.3 Å². The summed E-state index contributed by atoms with van der Waals surface area (Å²) in [6.45, 7) is 10.6. The van der Waals surface area contributed by atoms with Crippen molar-refractivity contribution in [1.29, 1.82) is 0 Å². The molecule has 0 heterocycles. The smallest absolute Gasteiger partial charge is 0.119 e. The zero-order valence-electron chi connectivity index (χ0n) is 12.6. The van der Waals surface area contributed by atoms with Crippen LogP contribution in [0.2, 0.25) is 0 Å². The van der Waals surface area contributed by atoms with Crippen molar-refractivity contribution in [2.24, 2.45) is 23.3 Å². The predicted molar refractivity (Wildman–Crippen MR) is 81.5 cm³/mol. The lowest BCUT2D eigenvalue weighted by molar-refractivity contribution is 0.326. The van der Waals surface area contributed by atoms with Gasteiger partial charge < -0.3 is 16.2 Å². The molecule has 0 saturated heterocycles. The predicted octanol–water partition coefficient (Wildman–Crippen LogP) is 2.67. The first kappa shape index (κ1) is 16.0. The summed E-state index contributed by atoms with van der Waals surface area (Å²) in [6.07, 6.45) is 0. The molecule has 0 saturated carbocycles. The van der Waals surface area contributed by atoms with Crippen LogP contribution in [0.25, 0.3) is 0 Å². The number of aryl methyl sites for hydroxylation is 1. The van der Waals surface area contributed by atoms with E-state index in [9.17, 15) is 0 Å². The molecule has 2 atom stereocenters. The second-order valence-corrected chi connectivity index (χ2v) is 5.33. The highest BCUT2D eigenvalue weighted by Crippen LogP contribution is 2.32. The molecule has 4 N–H and O–H groups in total. The highest BCUT2D eigenvalue weighted by molar-refractivity contribution is 5.37. The minimum absolute atomic E-state index is 0.376. The fraction of sp³-hybridized carbons (Fsp3) is 0.625. The Morgan fingerprint density at radius 1 is 1.16 bits per heavy atom. The molecule has 2 unspecified atom stereocenters. The summed E-state index contributed by atoms with van der Waals surface area (Å²) in [6, 6.07) is 6.34. The number of ether oxygens (including phenoxy) is 1. The van der Waals surface area contributed by atoms with Gasteiger partial charge in [0.2, 0.25) is 0 Å². The van der Waals surface area contributed by atoms with Crippen LogP contribution in [0.15, 0.2) is 18.2 Å². The minimum atomic E-state index is 0.376. The first-order valence-electron chi connectivity index (χ1n) is 7.18. The Labute approximate surface area is 117 Å². The van der Waals surface area contributed by atoms with E-state index < -0.39 is 0 Å².